The van der Waals surface area contributed by atoms with Crippen LogP contribution in [-0.2, 0) is 0 Å². The first-order valence-corrected chi connectivity index (χ1v) is 6.16. The molecule has 0 spiro atoms. The highest BCUT2D eigenvalue weighted by Gasteiger charge is 2.16. The van der Waals surface area contributed by atoms with E-state index in [4.69, 9.17) is 11.6 Å². The molecule has 0 fully saturated rings. The zero-order valence-electron chi connectivity index (χ0n) is 10.1. The molecule has 0 radical (unpaired) electrons. The van der Waals surface area contributed by atoms with E-state index in [2.05, 4.69) is 29.1 Å². The Morgan fingerprint density at radius 1 is 1.29 bits per heavy atom. The lowest BCUT2D eigenvalue weighted by Gasteiger charge is -2.21. The minimum atomic E-state index is 0.0383. The van der Waals surface area contributed by atoms with Gasteiger partial charge in [0.05, 0.1) is 5.52 Å². The summed E-state index contributed by atoms with van der Waals surface area (Å²) < 4.78 is 0. The number of para-hydroxylation sites is 1. The summed E-state index contributed by atoms with van der Waals surface area (Å²) in [6.07, 6.45) is 1.83. The molecule has 2 rings (SSSR count). The first-order valence-electron chi connectivity index (χ1n) is 5.62. The predicted octanol–water partition coefficient (Wildman–Crippen LogP) is 3.31. The molecule has 3 nitrogen and oxygen atoms in total. The Labute approximate surface area is 106 Å². The highest BCUT2D eigenvalue weighted by Crippen LogP contribution is 2.18. The predicted molar refractivity (Wildman–Crippen MR) is 72.5 cm³/mol. The molecule has 0 aliphatic rings. The van der Waals surface area contributed by atoms with Gasteiger partial charge in [0, 0.05) is 24.0 Å². The third-order valence-corrected chi connectivity index (χ3v) is 3.30. The molecule has 1 N–H and O–H groups in total. The van der Waals surface area contributed by atoms with Gasteiger partial charge in [0.2, 0.25) is 5.95 Å². The molecule has 0 atom stereocenters. The molecule has 0 bridgehead atoms. The number of hydrogen-bond donors (Lipinski definition) is 1. The molecule has 2 aromatic rings. The van der Waals surface area contributed by atoms with Crippen LogP contribution in [0.5, 0.6) is 0 Å². The van der Waals surface area contributed by atoms with E-state index in [1.807, 2.05) is 30.5 Å². The lowest BCUT2D eigenvalue weighted by Crippen LogP contribution is -2.25. The Balaban J connectivity index is 2.14. The maximum atomic E-state index is 5.87. The molecule has 0 saturated heterocycles. The van der Waals surface area contributed by atoms with E-state index < -0.39 is 0 Å². The van der Waals surface area contributed by atoms with Gasteiger partial charge in [0.1, 0.15) is 0 Å². The van der Waals surface area contributed by atoms with Crippen LogP contribution >= 0.6 is 11.6 Å². The standard InChI is InChI=1S/C13H16ClN3/c1-13(2,8-14)9-16-12-15-7-10-5-3-4-6-11(10)17-12/h3-7H,8-9H2,1-2H3,(H,15,16,17). The third kappa shape index (κ3) is 3.07. The van der Waals surface area contributed by atoms with Gasteiger partial charge in [-0.3, -0.25) is 0 Å². The van der Waals surface area contributed by atoms with Crippen LogP contribution in [-0.4, -0.2) is 22.4 Å². The van der Waals surface area contributed by atoms with E-state index in [0.29, 0.717) is 11.8 Å². The molecule has 4 heteroatoms. The Bertz CT molecular complexity index is 511. The van der Waals surface area contributed by atoms with Crippen molar-refractivity contribution in [2.75, 3.05) is 17.7 Å². The molecule has 1 aromatic heterocycles. The van der Waals surface area contributed by atoms with Crippen molar-refractivity contribution in [3.05, 3.63) is 30.5 Å². The van der Waals surface area contributed by atoms with Crippen LogP contribution in [0.1, 0.15) is 13.8 Å². The highest BCUT2D eigenvalue weighted by molar-refractivity contribution is 6.18. The zero-order chi connectivity index (χ0) is 12.3. The fraction of sp³-hybridized carbons (Fsp3) is 0.385. The SMILES string of the molecule is CC(C)(CCl)CNc1ncc2ccccc2n1. The molecule has 0 unspecified atom stereocenters. The van der Waals surface area contributed by atoms with Crippen molar-refractivity contribution in [2.45, 2.75) is 13.8 Å². The number of alkyl halides is 1. The van der Waals surface area contributed by atoms with Gasteiger partial charge >= 0.3 is 0 Å². The molecule has 17 heavy (non-hydrogen) atoms. The second-order valence-corrected chi connectivity index (χ2v) is 5.17. The van der Waals surface area contributed by atoms with Crippen LogP contribution in [0, 0.1) is 5.41 Å². The van der Waals surface area contributed by atoms with Crippen LogP contribution in [0.15, 0.2) is 30.5 Å². The van der Waals surface area contributed by atoms with Gasteiger partial charge in [-0.2, -0.15) is 0 Å². The van der Waals surface area contributed by atoms with Crippen molar-refractivity contribution < 1.29 is 0 Å². The summed E-state index contributed by atoms with van der Waals surface area (Å²) in [6, 6.07) is 7.94. The molecule has 90 valence electrons. The highest BCUT2D eigenvalue weighted by atomic mass is 35.5. The number of nitrogens with one attached hydrogen (secondary N) is 1. The van der Waals surface area contributed by atoms with Crippen molar-refractivity contribution >= 4 is 28.5 Å². The average Bonchev–Trinajstić information content (AvgIpc) is 2.36. The Morgan fingerprint density at radius 2 is 2.06 bits per heavy atom. The number of aromatic nitrogens is 2. The van der Waals surface area contributed by atoms with Crippen LogP contribution in [0.4, 0.5) is 5.95 Å². The van der Waals surface area contributed by atoms with E-state index in [1.54, 1.807) is 0 Å². The van der Waals surface area contributed by atoms with Crippen molar-refractivity contribution in [3.63, 3.8) is 0 Å². The molecular weight excluding hydrogens is 234 g/mol. The maximum absolute atomic E-state index is 5.87. The second kappa shape index (κ2) is 4.88. The average molecular weight is 250 g/mol. The topological polar surface area (TPSA) is 37.8 Å². The smallest absolute Gasteiger partial charge is 0.223 e. The quantitative estimate of drug-likeness (QED) is 0.845. The summed E-state index contributed by atoms with van der Waals surface area (Å²) in [6.45, 7) is 4.97. The lowest BCUT2D eigenvalue weighted by molar-refractivity contribution is 0.449. The Morgan fingerprint density at radius 3 is 2.82 bits per heavy atom. The number of fused-ring (bicyclic) bond motifs is 1. The first kappa shape index (κ1) is 12.1. The van der Waals surface area contributed by atoms with Gasteiger partial charge in [-0.25, -0.2) is 9.97 Å². The van der Waals surface area contributed by atoms with Crippen molar-refractivity contribution in [3.8, 4) is 0 Å². The zero-order valence-corrected chi connectivity index (χ0v) is 10.8. The van der Waals surface area contributed by atoms with E-state index in [1.165, 1.54) is 0 Å². The Kier molecular flexibility index (Phi) is 3.48. The number of hydrogen-bond acceptors (Lipinski definition) is 3. The van der Waals surface area contributed by atoms with Crippen LogP contribution in [0.2, 0.25) is 0 Å². The van der Waals surface area contributed by atoms with Crippen LogP contribution in [0.25, 0.3) is 10.9 Å². The molecule has 0 aliphatic carbocycles. The van der Waals surface area contributed by atoms with E-state index in [9.17, 15) is 0 Å². The summed E-state index contributed by atoms with van der Waals surface area (Å²) in [5.41, 5.74) is 0.991. The van der Waals surface area contributed by atoms with Crippen molar-refractivity contribution in [2.24, 2.45) is 5.41 Å². The lowest BCUT2D eigenvalue weighted by atomic mass is 9.97. The monoisotopic (exact) mass is 249 g/mol. The van der Waals surface area contributed by atoms with E-state index in [-0.39, 0.29) is 5.41 Å². The number of nitrogens with zero attached hydrogens (tertiary/aromatic N) is 2. The van der Waals surface area contributed by atoms with Crippen LogP contribution in [0.3, 0.4) is 0 Å². The van der Waals surface area contributed by atoms with Gasteiger partial charge < -0.3 is 5.32 Å². The van der Waals surface area contributed by atoms with Gasteiger partial charge in [0.25, 0.3) is 0 Å². The summed E-state index contributed by atoms with van der Waals surface area (Å²) >= 11 is 5.87. The molecule has 1 heterocycles. The fourth-order valence-electron chi connectivity index (χ4n) is 1.42. The van der Waals surface area contributed by atoms with Gasteiger partial charge in [-0.1, -0.05) is 32.0 Å². The number of benzene rings is 1. The summed E-state index contributed by atoms with van der Waals surface area (Å²) in [4.78, 5) is 8.73. The van der Waals surface area contributed by atoms with Gasteiger partial charge in [-0.15, -0.1) is 11.6 Å². The maximum Gasteiger partial charge on any atom is 0.223 e. The molecule has 1 aromatic carbocycles. The molecule has 0 aliphatic heterocycles. The molecular formula is C13H16ClN3. The van der Waals surface area contributed by atoms with Crippen molar-refractivity contribution in [1.82, 2.24) is 9.97 Å². The summed E-state index contributed by atoms with van der Waals surface area (Å²) in [5, 5.41) is 4.27. The van der Waals surface area contributed by atoms with E-state index >= 15 is 0 Å². The minimum absolute atomic E-state index is 0.0383. The summed E-state index contributed by atoms with van der Waals surface area (Å²) in [7, 11) is 0. The van der Waals surface area contributed by atoms with Crippen LogP contribution < -0.4 is 5.32 Å². The largest absolute Gasteiger partial charge is 0.354 e. The number of halogens is 1. The molecule has 0 amide bonds. The van der Waals surface area contributed by atoms with Gasteiger partial charge in [0.15, 0.2) is 0 Å². The van der Waals surface area contributed by atoms with Crippen molar-refractivity contribution in [1.29, 1.82) is 0 Å². The summed E-state index contributed by atoms with van der Waals surface area (Å²) in [5.74, 6) is 1.26. The second-order valence-electron chi connectivity index (χ2n) is 4.90. The fourth-order valence-corrected chi connectivity index (χ4v) is 1.52. The minimum Gasteiger partial charge on any atom is -0.354 e. The van der Waals surface area contributed by atoms with E-state index in [0.717, 1.165) is 17.4 Å². The Hall–Kier alpha value is -1.35. The third-order valence-electron chi connectivity index (χ3n) is 2.58. The molecule has 0 saturated carbocycles. The number of rotatable bonds is 4. The van der Waals surface area contributed by atoms with Gasteiger partial charge in [-0.05, 0) is 11.5 Å². The first-order chi connectivity index (χ1) is 8.11. The normalized spacial score (nSPS) is 11.7. The number of anilines is 1.